The van der Waals surface area contributed by atoms with E-state index in [0.717, 1.165) is 0 Å². The number of pyridine rings is 1. The predicted octanol–water partition coefficient (Wildman–Crippen LogP) is 1.45. The minimum absolute atomic E-state index is 0.274. The van der Waals surface area contributed by atoms with Gasteiger partial charge in [0, 0.05) is 12.3 Å². The van der Waals surface area contributed by atoms with Crippen molar-refractivity contribution in [2.45, 2.75) is 32.2 Å². The van der Waals surface area contributed by atoms with Gasteiger partial charge in [0.2, 0.25) is 0 Å². The highest BCUT2D eigenvalue weighted by Crippen LogP contribution is 2.23. The maximum atomic E-state index is 11.6. The lowest BCUT2D eigenvalue weighted by Gasteiger charge is -2.29. The second-order valence-electron chi connectivity index (χ2n) is 3.45. The Morgan fingerprint density at radius 2 is 2.00 bits per heavy atom. The SMILES string of the molecule is CCC(CC)(C(=O)O)n1ccccc1=O. The molecular weight excluding hydrogens is 194 g/mol. The van der Waals surface area contributed by atoms with Crippen LogP contribution < -0.4 is 5.56 Å². The third kappa shape index (κ3) is 1.79. The summed E-state index contributed by atoms with van der Waals surface area (Å²) in [6.45, 7) is 3.55. The largest absolute Gasteiger partial charge is 0.479 e. The number of aliphatic carboxylic acids is 1. The Hall–Kier alpha value is -1.58. The van der Waals surface area contributed by atoms with Gasteiger partial charge in [0.25, 0.3) is 5.56 Å². The monoisotopic (exact) mass is 209 g/mol. The second kappa shape index (κ2) is 4.29. The summed E-state index contributed by atoms with van der Waals surface area (Å²) in [5.41, 5.74) is -1.39. The van der Waals surface area contributed by atoms with Crippen LogP contribution in [-0.4, -0.2) is 15.6 Å². The summed E-state index contributed by atoms with van der Waals surface area (Å²) in [6.07, 6.45) is 2.31. The molecule has 1 aromatic heterocycles. The summed E-state index contributed by atoms with van der Waals surface area (Å²) in [6, 6.07) is 4.66. The molecule has 82 valence electrons. The molecule has 1 rings (SSSR count). The predicted molar refractivity (Wildman–Crippen MR) is 56.9 cm³/mol. The summed E-state index contributed by atoms with van der Waals surface area (Å²) >= 11 is 0. The van der Waals surface area contributed by atoms with Gasteiger partial charge in [0.05, 0.1) is 0 Å². The zero-order valence-electron chi connectivity index (χ0n) is 8.93. The average Bonchev–Trinajstić information content (AvgIpc) is 2.22. The molecule has 0 atom stereocenters. The number of nitrogens with zero attached hydrogens (tertiary/aromatic N) is 1. The normalized spacial score (nSPS) is 11.3. The van der Waals surface area contributed by atoms with Crippen LogP contribution in [0.3, 0.4) is 0 Å². The fourth-order valence-electron chi connectivity index (χ4n) is 1.78. The maximum Gasteiger partial charge on any atom is 0.329 e. The molecule has 0 radical (unpaired) electrons. The van der Waals surface area contributed by atoms with Crippen molar-refractivity contribution >= 4 is 5.97 Å². The molecule has 0 saturated carbocycles. The first-order valence-electron chi connectivity index (χ1n) is 5.00. The van der Waals surface area contributed by atoms with E-state index in [1.165, 1.54) is 16.8 Å². The molecule has 0 amide bonds. The highest BCUT2D eigenvalue weighted by molar-refractivity contribution is 5.76. The molecule has 4 heteroatoms. The molecule has 0 bridgehead atoms. The van der Waals surface area contributed by atoms with Gasteiger partial charge in [-0.25, -0.2) is 4.79 Å². The van der Waals surface area contributed by atoms with Crippen molar-refractivity contribution in [1.82, 2.24) is 4.57 Å². The van der Waals surface area contributed by atoms with E-state index >= 15 is 0 Å². The van der Waals surface area contributed by atoms with E-state index < -0.39 is 11.5 Å². The van der Waals surface area contributed by atoms with Gasteiger partial charge in [0.15, 0.2) is 0 Å². The van der Waals surface area contributed by atoms with Crippen LogP contribution >= 0.6 is 0 Å². The van der Waals surface area contributed by atoms with Gasteiger partial charge in [-0.2, -0.15) is 0 Å². The molecule has 1 aromatic rings. The summed E-state index contributed by atoms with van der Waals surface area (Å²) < 4.78 is 1.30. The van der Waals surface area contributed by atoms with E-state index in [-0.39, 0.29) is 5.56 Å². The van der Waals surface area contributed by atoms with Gasteiger partial charge in [-0.1, -0.05) is 19.9 Å². The highest BCUT2D eigenvalue weighted by Gasteiger charge is 2.37. The van der Waals surface area contributed by atoms with Crippen LogP contribution in [0.1, 0.15) is 26.7 Å². The molecule has 0 saturated heterocycles. The Kier molecular flexibility index (Phi) is 3.29. The van der Waals surface area contributed by atoms with Crippen LogP contribution in [0.2, 0.25) is 0 Å². The van der Waals surface area contributed by atoms with E-state index in [0.29, 0.717) is 12.8 Å². The molecule has 0 aliphatic rings. The van der Waals surface area contributed by atoms with Gasteiger partial charge in [0.1, 0.15) is 5.54 Å². The molecule has 0 unspecified atom stereocenters. The number of hydrogen-bond acceptors (Lipinski definition) is 2. The molecule has 0 fully saturated rings. The van der Waals surface area contributed by atoms with Crippen LogP contribution in [0.5, 0.6) is 0 Å². The molecule has 0 aromatic carbocycles. The molecule has 15 heavy (non-hydrogen) atoms. The van der Waals surface area contributed by atoms with E-state index in [1.54, 1.807) is 26.0 Å². The number of hydrogen-bond donors (Lipinski definition) is 1. The van der Waals surface area contributed by atoms with Crippen LogP contribution in [0.15, 0.2) is 29.2 Å². The van der Waals surface area contributed by atoms with Crippen LogP contribution in [-0.2, 0) is 10.3 Å². The van der Waals surface area contributed by atoms with Crippen molar-refractivity contribution in [3.8, 4) is 0 Å². The van der Waals surface area contributed by atoms with Crippen molar-refractivity contribution in [2.75, 3.05) is 0 Å². The smallest absolute Gasteiger partial charge is 0.329 e. The summed E-state index contributed by atoms with van der Waals surface area (Å²) in [7, 11) is 0. The minimum Gasteiger partial charge on any atom is -0.479 e. The lowest BCUT2D eigenvalue weighted by atomic mass is 9.92. The second-order valence-corrected chi connectivity index (χ2v) is 3.45. The van der Waals surface area contributed by atoms with E-state index in [2.05, 4.69) is 0 Å². The van der Waals surface area contributed by atoms with E-state index in [9.17, 15) is 14.7 Å². The Morgan fingerprint density at radius 3 is 2.40 bits per heavy atom. The van der Waals surface area contributed by atoms with Gasteiger partial charge in [-0.3, -0.25) is 9.36 Å². The van der Waals surface area contributed by atoms with E-state index in [1.807, 2.05) is 0 Å². The third-order valence-corrected chi connectivity index (χ3v) is 2.85. The third-order valence-electron chi connectivity index (χ3n) is 2.85. The topological polar surface area (TPSA) is 59.3 Å². The van der Waals surface area contributed by atoms with E-state index in [4.69, 9.17) is 0 Å². The van der Waals surface area contributed by atoms with Crippen molar-refractivity contribution in [3.63, 3.8) is 0 Å². The molecule has 0 aliphatic carbocycles. The first kappa shape index (κ1) is 11.5. The number of carboxylic acids is 1. The number of carbonyl (C=O) groups is 1. The standard InChI is InChI=1S/C11H15NO3/c1-3-11(4-2,10(14)15)12-8-6-5-7-9(12)13/h5-8H,3-4H2,1-2H3,(H,14,15). The lowest BCUT2D eigenvalue weighted by molar-refractivity contribution is -0.148. The average molecular weight is 209 g/mol. The quantitative estimate of drug-likeness (QED) is 0.816. The van der Waals surface area contributed by atoms with Crippen LogP contribution in [0, 0.1) is 0 Å². The first-order chi connectivity index (χ1) is 7.08. The Labute approximate surface area is 88.2 Å². The van der Waals surface area contributed by atoms with Crippen molar-refractivity contribution < 1.29 is 9.90 Å². The van der Waals surface area contributed by atoms with Crippen molar-refractivity contribution in [3.05, 3.63) is 34.7 Å². The van der Waals surface area contributed by atoms with Gasteiger partial charge < -0.3 is 5.11 Å². The van der Waals surface area contributed by atoms with Crippen molar-refractivity contribution in [1.29, 1.82) is 0 Å². The van der Waals surface area contributed by atoms with Crippen molar-refractivity contribution in [2.24, 2.45) is 0 Å². The number of aromatic nitrogens is 1. The molecule has 0 spiro atoms. The molecule has 1 heterocycles. The summed E-state index contributed by atoms with van der Waals surface area (Å²) in [5, 5.41) is 9.24. The molecular formula is C11H15NO3. The zero-order valence-corrected chi connectivity index (χ0v) is 8.93. The zero-order chi connectivity index (χ0) is 11.5. The van der Waals surface area contributed by atoms with Gasteiger partial charge in [-0.15, -0.1) is 0 Å². The summed E-state index contributed by atoms with van der Waals surface area (Å²) in [4.78, 5) is 22.9. The Balaban J connectivity index is 3.40. The lowest BCUT2D eigenvalue weighted by Crippen LogP contribution is -2.46. The fourth-order valence-corrected chi connectivity index (χ4v) is 1.78. The van der Waals surface area contributed by atoms with Gasteiger partial charge in [-0.05, 0) is 18.9 Å². The molecule has 0 aliphatic heterocycles. The maximum absolute atomic E-state index is 11.6. The molecule has 4 nitrogen and oxygen atoms in total. The number of rotatable bonds is 4. The Bertz CT molecular complexity index is 404. The van der Waals surface area contributed by atoms with Gasteiger partial charge >= 0.3 is 5.97 Å². The van der Waals surface area contributed by atoms with Crippen LogP contribution in [0.4, 0.5) is 0 Å². The van der Waals surface area contributed by atoms with Crippen LogP contribution in [0.25, 0.3) is 0 Å². The highest BCUT2D eigenvalue weighted by atomic mass is 16.4. The Morgan fingerprint density at radius 1 is 1.40 bits per heavy atom. The summed E-state index contributed by atoms with van der Waals surface area (Å²) in [5.74, 6) is -0.958. The number of carboxylic acid groups (broad SMARTS) is 1. The minimum atomic E-state index is -1.11. The first-order valence-corrected chi connectivity index (χ1v) is 5.00. The molecule has 1 N–H and O–H groups in total. The fraction of sp³-hybridized carbons (Fsp3) is 0.455.